The lowest BCUT2D eigenvalue weighted by Crippen LogP contribution is -2.36. The summed E-state index contributed by atoms with van der Waals surface area (Å²) in [5.41, 5.74) is 0. The quantitative estimate of drug-likeness (QED) is 0.902. The van der Waals surface area contributed by atoms with Crippen molar-refractivity contribution in [2.24, 2.45) is 11.8 Å². The molecule has 0 aromatic carbocycles. The van der Waals surface area contributed by atoms with Gasteiger partial charge in [-0.2, -0.15) is 0 Å². The molecule has 3 nitrogen and oxygen atoms in total. The summed E-state index contributed by atoms with van der Waals surface area (Å²) in [7, 11) is 1.82. The Morgan fingerprint density at radius 1 is 1.26 bits per heavy atom. The molecule has 1 aliphatic rings. The zero-order valence-corrected chi connectivity index (χ0v) is 13.2. The van der Waals surface area contributed by atoms with E-state index in [9.17, 15) is 0 Å². The Morgan fingerprint density at radius 2 is 1.89 bits per heavy atom. The van der Waals surface area contributed by atoms with Crippen LogP contribution < -0.4 is 10.2 Å². The van der Waals surface area contributed by atoms with E-state index in [-0.39, 0.29) is 0 Å². The second-order valence-corrected chi connectivity index (χ2v) is 6.26. The summed E-state index contributed by atoms with van der Waals surface area (Å²) in [6, 6.07) is 1.77. The summed E-state index contributed by atoms with van der Waals surface area (Å²) in [6.45, 7) is 6.63. The van der Waals surface area contributed by atoms with Crippen LogP contribution in [0.2, 0.25) is 10.0 Å². The Morgan fingerprint density at radius 3 is 2.42 bits per heavy atom. The summed E-state index contributed by atoms with van der Waals surface area (Å²) >= 11 is 12.4. The fourth-order valence-corrected chi connectivity index (χ4v) is 3.20. The molecule has 2 rings (SSSR count). The van der Waals surface area contributed by atoms with E-state index in [4.69, 9.17) is 23.2 Å². The van der Waals surface area contributed by atoms with Crippen molar-refractivity contribution < 1.29 is 0 Å². The van der Waals surface area contributed by atoms with Gasteiger partial charge in [-0.1, -0.05) is 37.0 Å². The highest BCUT2D eigenvalue weighted by Crippen LogP contribution is 2.34. The molecular formula is C14H21Cl2N3. The van der Waals surface area contributed by atoms with Crippen molar-refractivity contribution in [3.63, 3.8) is 0 Å². The zero-order valence-electron chi connectivity index (χ0n) is 11.7. The molecule has 0 unspecified atom stereocenters. The highest BCUT2D eigenvalue weighted by atomic mass is 35.5. The monoisotopic (exact) mass is 301 g/mol. The number of pyridine rings is 1. The SMILES string of the molecule is CNc1nc(N2CCC(C(C)C)CC2)c(Cl)cc1Cl. The highest BCUT2D eigenvalue weighted by Gasteiger charge is 2.24. The maximum Gasteiger partial charge on any atom is 0.149 e. The van der Waals surface area contributed by atoms with Crippen molar-refractivity contribution in [2.45, 2.75) is 26.7 Å². The predicted molar refractivity (Wildman–Crippen MR) is 83.6 cm³/mol. The second kappa shape index (κ2) is 6.19. The van der Waals surface area contributed by atoms with Crippen LogP contribution >= 0.6 is 23.2 Å². The second-order valence-electron chi connectivity index (χ2n) is 5.44. The van der Waals surface area contributed by atoms with Crippen molar-refractivity contribution in [2.75, 3.05) is 30.4 Å². The van der Waals surface area contributed by atoms with Crippen LogP contribution in [0.3, 0.4) is 0 Å². The molecule has 5 heteroatoms. The third-order valence-electron chi connectivity index (χ3n) is 3.93. The molecule has 0 bridgehead atoms. The molecule has 1 aliphatic heterocycles. The lowest BCUT2D eigenvalue weighted by molar-refractivity contribution is 0.311. The van der Waals surface area contributed by atoms with Crippen LogP contribution in [0.15, 0.2) is 6.07 Å². The van der Waals surface area contributed by atoms with Gasteiger partial charge >= 0.3 is 0 Å². The molecule has 1 aromatic heterocycles. The fraction of sp³-hybridized carbons (Fsp3) is 0.643. The average Bonchev–Trinajstić information content (AvgIpc) is 2.39. The van der Waals surface area contributed by atoms with E-state index in [1.54, 1.807) is 6.07 Å². The van der Waals surface area contributed by atoms with Crippen LogP contribution in [0.5, 0.6) is 0 Å². The van der Waals surface area contributed by atoms with Gasteiger partial charge in [0.1, 0.15) is 11.6 Å². The summed E-state index contributed by atoms with van der Waals surface area (Å²) in [5, 5.41) is 4.20. The Balaban J connectivity index is 2.15. The van der Waals surface area contributed by atoms with Crippen LogP contribution in [0, 0.1) is 11.8 Å². The van der Waals surface area contributed by atoms with E-state index >= 15 is 0 Å². The van der Waals surface area contributed by atoms with Gasteiger partial charge in [-0.25, -0.2) is 4.98 Å². The molecule has 1 aromatic rings. The lowest BCUT2D eigenvalue weighted by atomic mass is 9.87. The Kier molecular flexibility index (Phi) is 4.80. The highest BCUT2D eigenvalue weighted by molar-refractivity contribution is 6.37. The van der Waals surface area contributed by atoms with Crippen LogP contribution in [0.1, 0.15) is 26.7 Å². The number of piperidine rings is 1. The minimum Gasteiger partial charge on any atom is -0.372 e. The molecule has 0 amide bonds. The number of nitrogens with zero attached hydrogens (tertiary/aromatic N) is 2. The third kappa shape index (κ3) is 3.26. The number of nitrogens with one attached hydrogen (secondary N) is 1. The molecule has 1 N–H and O–H groups in total. The maximum atomic E-state index is 6.27. The minimum absolute atomic E-state index is 0.563. The molecule has 0 aliphatic carbocycles. The van der Waals surface area contributed by atoms with Crippen LogP contribution in [0.25, 0.3) is 0 Å². The molecular weight excluding hydrogens is 281 g/mol. The third-order valence-corrected chi connectivity index (χ3v) is 4.50. The number of rotatable bonds is 3. The van der Waals surface area contributed by atoms with E-state index in [1.807, 2.05) is 7.05 Å². The van der Waals surface area contributed by atoms with Gasteiger partial charge in [0.15, 0.2) is 0 Å². The van der Waals surface area contributed by atoms with E-state index < -0.39 is 0 Å². The Labute approximate surface area is 125 Å². The van der Waals surface area contributed by atoms with Crippen LogP contribution in [0.4, 0.5) is 11.6 Å². The van der Waals surface area contributed by atoms with E-state index in [0.717, 1.165) is 30.7 Å². The molecule has 0 saturated carbocycles. The van der Waals surface area contributed by atoms with E-state index in [2.05, 4.69) is 29.0 Å². The summed E-state index contributed by atoms with van der Waals surface area (Å²) < 4.78 is 0. The summed E-state index contributed by atoms with van der Waals surface area (Å²) in [4.78, 5) is 6.80. The molecule has 0 atom stereocenters. The fourth-order valence-electron chi connectivity index (χ4n) is 2.63. The molecule has 0 spiro atoms. The number of anilines is 2. The number of hydrogen-bond acceptors (Lipinski definition) is 3. The van der Waals surface area contributed by atoms with Crippen LogP contribution in [-0.4, -0.2) is 25.1 Å². The first-order valence-corrected chi connectivity index (χ1v) is 7.57. The van der Waals surface area contributed by atoms with Crippen molar-refractivity contribution in [3.05, 3.63) is 16.1 Å². The maximum absolute atomic E-state index is 6.27. The van der Waals surface area contributed by atoms with E-state index in [0.29, 0.717) is 15.9 Å². The molecule has 1 saturated heterocycles. The van der Waals surface area contributed by atoms with Gasteiger partial charge in [-0.05, 0) is 30.7 Å². The normalized spacial score (nSPS) is 17.1. The van der Waals surface area contributed by atoms with Gasteiger partial charge in [-0.15, -0.1) is 0 Å². The standard InChI is InChI=1S/C14H21Cl2N3/c1-9(2)10-4-6-19(7-5-10)14-12(16)8-11(15)13(17-3)18-14/h8-10H,4-7H2,1-3H3,(H,17,18). The van der Waals surface area contributed by atoms with Gasteiger partial charge in [0.25, 0.3) is 0 Å². The number of hydrogen-bond donors (Lipinski definition) is 1. The lowest BCUT2D eigenvalue weighted by Gasteiger charge is -2.35. The first-order valence-electron chi connectivity index (χ1n) is 6.81. The molecule has 2 heterocycles. The summed E-state index contributed by atoms with van der Waals surface area (Å²) in [5.74, 6) is 3.10. The molecule has 106 valence electrons. The molecule has 0 radical (unpaired) electrons. The Hall–Kier alpha value is -0.670. The smallest absolute Gasteiger partial charge is 0.149 e. The Bertz CT molecular complexity index is 441. The molecule has 1 fully saturated rings. The first-order chi connectivity index (χ1) is 9.02. The van der Waals surface area contributed by atoms with Crippen molar-refractivity contribution in [3.8, 4) is 0 Å². The summed E-state index contributed by atoms with van der Waals surface area (Å²) in [6.07, 6.45) is 2.40. The topological polar surface area (TPSA) is 28.2 Å². The minimum atomic E-state index is 0.563. The zero-order chi connectivity index (χ0) is 14.0. The van der Waals surface area contributed by atoms with Crippen molar-refractivity contribution in [1.29, 1.82) is 0 Å². The van der Waals surface area contributed by atoms with E-state index in [1.165, 1.54) is 12.8 Å². The average molecular weight is 302 g/mol. The van der Waals surface area contributed by atoms with Crippen LogP contribution in [-0.2, 0) is 0 Å². The van der Waals surface area contributed by atoms with Gasteiger partial charge in [-0.3, -0.25) is 0 Å². The van der Waals surface area contributed by atoms with Gasteiger partial charge in [0.2, 0.25) is 0 Å². The largest absolute Gasteiger partial charge is 0.372 e. The first kappa shape index (κ1) is 14.7. The number of aromatic nitrogens is 1. The van der Waals surface area contributed by atoms with Crippen molar-refractivity contribution in [1.82, 2.24) is 4.98 Å². The van der Waals surface area contributed by atoms with Gasteiger partial charge < -0.3 is 10.2 Å². The van der Waals surface area contributed by atoms with Gasteiger partial charge in [0.05, 0.1) is 10.0 Å². The molecule has 19 heavy (non-hydrogen) atoms. The van der Waals surface area contributed by atoms with Gasteiger partial charge in [0, 0.05) is 20.1 Å². The number of halogens is 2. The van der Waals surface area contributed by atoms with Crippen molar-refractivity contribution >= 4 is 34.8 Å². The predicted octanol–water partition coefficient (Wildman–Crippen LogP) is 4.30.